The Hall–Kier alpha value is -1.62. The van der Waals surface area contributed by atoms with Gasteiger partial charge in [-0.15, -0.1) is 0 Å². The van der Waals surface area contributed by atoms with Crippen molar-refractivity contribution >= 4 is 0 Å². The number of nitrogens with one attached hydrogen (secondary N) is 1. The van der Waals surface area contributed by atoms with Crippen molar-refractivity contribution in [2.45, 2.75) is 45.2 Å². The summed E-state index contributed by atoms with van der Waals surface area (Å²) < 4.78 is 3.93. The van der Waals surface area contributed by atoms with Crippen molar-refractivity contribution < 1.29 is 0 Å². The quantitative estimate of drug-likeness (QED) is 0.925. The summed E-state index contributed by atoms with van der Waals surface area (Å²) in [6, 6.07) is 0.428. The maximum Gasteiger partial charge on any atom is 0.0666 e. The summed E-state index contributed by atoms with van der Waals surface area (Å²) in [6.07, 6.45) is 8.71. The minimum atomic E-state index is 0.428. The molecule has 0 radical (unpaired) electrons. The van der Waals surface area contributed by atoms with Gasteiger partial charge in [0.1, 0.15) is 0 Å². The Morgan fingerprint density at radius 3 is 3.05 bits per heavy atom. The van der Waals surface area contributed by atoms with Gasteiger partial charge in [-0.2, -0.15) is 10.2 Å². The molecule has 1 atom stereocenters. The number of aromatic nitrogens is 4. The van der Waals surface area contributed by atoms with Gasteiger partial charge in [0, 0.05) is 49.7 Å². The maximum atomic E-state index is 4.50. The molecular weight excluding hydrogens is 250 g/mol. The lowest BCUT2D eigenvalue weighted by atomic mass is 9.93. The van der Waals surface area contributed by atoms with E-state index in [1.807, 2.05) is 29.7 Å². The number of rotatable bonds is 4. The number of aryl methyl sites for hydroxylation is 3. The first-order valence-electron chi connectivity index (χ1n) is 7.44. The molecular formula is C15H23N5. The van der Waals surface area contributed by atoms with Gasteiger partial charge in [0.2, 0.25) is 0 Å². The van der Waals surface area contributed by atoms with E-state index >= 15 is 0 Å². The third-order valence-corrected chi connectivity index (χ3v) is 4.24. The highest BCUT2D eigenvalue weighted by Crippen LogP contribution is 2.29. The zero-order valence-electron chi connectivity index (χ0n) is 12.6. The molecule has 0 aromatic carbocycles. The largest absolute Gasteiger partial charge is 0.306 e. The van der Waals surface area contributed by atoms with Crippen molar-refractivity contribution in [2.24, 2.45) is 14.1 Å². The number of fused-ring (bicyclic) bond motifs is 1. The van der Waals surface area contributed by atoms with Crippen molar-refractivity contribution in [3.63, 3.8) is 0 Å². The second-order valence-corrected chi connectivity index (χ2v) is 5.62. The van der Waals surface area contributed by atoms with Crippen LogP contribution in [0, 0.1) is 0 Å². The summed E-state index contributed by atoms with van der Waals surface area (Å²) >= 11 is 0. The molecule has 0 spiro atoms. The predicted molar refractivity (Wildman–Crippen MR) is 78.3 cm³/mol. The van der Waals surface area contributed by atoms with Crippen LogP contribution in [-0.2, 0) is 33.5 Å². The molecule has 0 saturated heterocycles. The van der Waals surface area contributed by atoms with E-state index in [0.29, 0.717) is 6.04 Å². The lowest BCUT2D eigenvalue weighted by Gasteiger charge is -2.23. The average Bonchev–Trinajstić information content (AvgIpc) is 3.00. The summed E-state index contributed by atoms with van der Waals surface area (Å²) in [5, 5.41) is 12.6. The lowest BCUT2D eigenvalue weighted by molar-refractivity contribution is 0.451. The van der Waals surface area contributed by atoms with Gasteiger partial charge in [-0.05, 0) is 25.7 Å². The lowest BCUT2D eigenvalue weighted by Crippen LogP contribution is -2.25. The van der Waals surface area contributed by atoms with E-state index in [1.165, 1.54) is 35.4 Å². The average molecular weight is 273 g/mol. The highest BCUT2D eigenvalue weighted by Gasteiger charge is 2.23. The van der Waals surface area contributed by atoms with Crippen LogP contribution in [0.2, 0.25) is 0 Å². The molecule has 0 amide bonds. The van der Waals surface area contributed by atoms with Crippen molar-refractivity contribution in [3.8, 4) is 0 Å². The second kappa shape index (κ2) is 5.40. The second-order valence-electron chi connectivity index (χ2n) is 5.62. The monoisotopic (exact) mass is 273 g/mol. The standard InChI is InChI=1S/C15H23N5/c1-4-13-11(10-19(2)18-13)8-16-14-6-5-7-15-12(14)9-17-20(15)3/h9-10,14,16H,4-8H2,1-3H3. The fraction of sp³-hybridized carbons (Fsp3) is 0.600. The van der Waals surface area contributed by atoms with Crippen LogP contribution in [0.25, 0.3) is 0 Å². The zero-order valence-corrected chi connectivity index (χ0v) is 12.6. The molecule has 0 bridgehead atoms. The first-order chi connectivity index (χ1) is 9.69. The van der Waals surface area contributed by atoms with Gasteiger partial charge in [-0.3, -0.25) is 9.36 Å². The van der Waals surface area contributed by atoms with Gasteiger partial charge in [0.05, 0.1) is 11.9 Å². The minimum Gasteiger partial charge on any atom is -0.306 e. The Bertz CT molecular complexity index is 595. The predicted octanol–water partition coefficient (Wildman–Crippen LogP) is 1.88. The molecule has 5 nitrogen and oxygen atoms in total. The topological polar surface area (TPSA) is 47.7 Å². The summed E-state index contributed by atoms with van der Waals surface area (Å²) in [7, 11) is 4.03. The number of hydrogen-bond donors (Lipinski definition) is 1. The summed E-state index contributed by atoms with van der Waals surface area (Å²) in [5.74, 6) is 0. The van der Waals surface area contributed by atoms with Crippen LogP contribution in [0.5, 0.6) is 0 Å². The fourth-order valence-corrected chi connectivity index (χ4v) is 3.18. The van der Waals surface area contributed by atoms with E-state index in [4.69, 9.17) is 0 Å². The van der Waals surface area contributed by atoms with E-state index in [9.17, 15) is 0 Å². The van der Waals surface area contributed by atoms with Gasteiger partial charge in [-0.25, -0.2) is 0 Å². The molecule has 1 N–H and O–H groups in total. The first-order valence-corrected chi connectivity index (χ1v) is 7.44. The van der Waals surface area contributed by atoms with E-state index in [-0.39, 0.29) is 0 Å². The Morgan fingerprint density at radius 2 is 2.25 bits per heavy atom. The normalized spacial score (nSPS) is 18.2. The van der Waals surface area contributed by atoms with Crippen molar-refractivity contribution in [1.82, 2.24) is 24.9 Å². The Labute approximate surface area is 120 Å². The van der Waals surface area contributed by atoms with Crippen molar-refractivity contribution in [1.29, 1.82) is 0 Å². The smallest absolute Gasteiger partial charge is 0.0666 e. The molecule has 1 unspecified atom stereocenters. The summed E-state index contributed by atoms with van der Waals surface area (Å²) in [6.45, 7) is 3.04. The molecule has 0 aliphatic heterocycles. The van der Waals surface area contributed by atoms with Crippen LogP contribution in [0.15, 0.2) is 12.4 Å². The van der Waals surface area contributed by atoms with E-state index in [1.54, 1.807) is 0 Å². The number of nitrogens with zero attached hydrogens (tertiary/aromatic N) is 4. The molecule has 3 rings (SSSR count). The Morgan fingerprint density at radius 1 is 1.40 bits per heavy atom. The SMILES string of the molecule is CCc1nn(C)cc1CNC1CCCc2c1cnn2C. The molecule has 0 saturated carbocycles. The maximum absolute atomic E-state index is 4.50. The minimum absolute atomic E-state index is 0.428. The Balaban J connectivity index is 1.73. The molecule has 2 aromatic rings. The molecule has 1 aliphatic carbocycles. The molecule has 2 aromatic heterocycles. The molecule has 1 aliphatic rings. The van der Waals surface area contributed by atoms with Crippen LogP contribution in [0.4, 0.5) is 0 Å². The molecule has 20 heavy (non-hydrogen) atoms. The van der Waals surface area contributed by atoms with Crippen LogP contribution < -0.4 is 5.32 Å². The molecule has 5 heteroatoms. The van der Waals surface area contributed by atoms with Gasteiger partial charge in [-0.1, -0.05) is 6.92 Å². The van der Waals surface area contributed by atoms with Crippen LogP contribution in [0.3, 0.4) is 0 Å². The third kappa shape index (κ3) is 2.38. The van der Waals surface area contributed by atoms with Crippen LogP contribution in [0.1, 0.15) is 48.3 Å². The van der Waals surface area contributed by atoms with Crippen LogP contribution >= 0.6 is 0 Å². The van der Waals surface area contributed by atoms with E-state index < -0.39 is 0 Å². The number of hydrogen-bond acceptors (Lipinski definition) is 3. The van der Waals surface area contributed by atoms with Gasteiger partial charge < -0.3 is 5.32 Å². The zero-order chi connectivity index (χ0) is 14.1. The fourth-order valence-electron chi connectivity index (χ4n) is 3.18. The van der Waals surface area contributed by atoms with Gasteiger partial charge >= 0.3 is 0 Å². The third-order valence-electron chi connectivity index (χ3n) is 4.24. The van der Waals surface area contributed by atoms with E-state index in [2.05, 4.69) is 28.6 Å². The molecule has 2 heterocycles. The van der Waals surface area contributed by atoms with Crippen molar-refractivity contribution in [3.05, 3.63) is 34.9 Å². The van der Waals surface area contributed by atoms with Gasteiger partial charge in [0.15, 0.2) is 0 Å². The Kier molecular flexibility index (Phi) is 3.61. The van der Waals surface area contributed by atoms with Crippen molar-refractivity contribution in [2.75, 3.05) is 0 Å². The van der Waals surface area contributed by atoms with E-state index in [0.717, 1.165) is 19.4 Å². The molecule has 108 valence electrons. The summed E-state index contributed by atoms with van der Waals surface area (Å²) in [4.78, 5) is 0. The highest BCUT2D eigenvalue weighted by molar-refractivity contribution is 5.25. The molecule has 0 fully saturated rings. The summed E-state index contributed by atoms with van der Waals surface area (Å²) in [5.41, 5.74) is 5.27. The van der Waals surface area contributed by atoms with Crippen LogP contribution in [-0.4, -0.2) is 19.6 Å². The first kappa shape index (κ1) is 13.4. The highest BCUT2D eigenvalue weighted by atomic mass is 15.3. The van der Waals surface area contributed by atoms with Gasteiger partial charge in [0.25, 0.3) is 0 Å².